The van der Waals surface area contributed by atoms with Gasteiger partial charge in [-0.1, -0.05) is 30.4 Å². The summed E-state index contributed by atoms with van der Waals surface area (Å²) in [5.41, 5.74) is 3.03. The van der Waals surface area contributed by atoms with Crippen molar-refractivity contribution in [3.05, 3.63) is 51.9 Å². The van der Waals surface area contributed by atoms with Crippen LogP contribution in [0.1, 0.15) is 18.2 Å². The molecule has 0 aliphatic carbocycles. The summed E-state index contributed by atoms with van der Waals surface area (Å²) in [6.07, 6.45) is 0.742. The largest absolute Gasteiger partial charge is 0.378 e. The summed E-state index contributed by atoms with van der Waals surface area (Å²) in [7, 11) is 6.03. The highest BCUT2D eigenvalue weighted by Gasteiger charge is 2.12. The van der Waals surface area contributed by atoms with Gasteiger partial charge in [0.25, 0.3) is 5.56 Å². The smallest absolute Gasteiger partial charge is 0.275 e. The second kappa shape index (κ2) is 6.60. The fourth-order valence-corrected chi connectivity index (χ4v) is 3.34. The Hall–Kier alpha value is -2.41. The van der Waals surface area contributed by atoms with Crippen molar-refractivity contribution in [1.29, 1.82) is 0 Å². The SMILES string of the molecule is CCc1cc(=O)n2nc(N(C)Cc3cccc(N(C)C)c3)sc2n1. The molecule has 2 heterocycles. The Morgan fingerprint density at radius 2 is 2.00 bits per heavy atom. The first-order valence-corrected chi connectivity index (χ1v) is 8.66. The topological polar surface area (TPSA) is 53.7 Å². The fourth-order valence-electron chi connectivity index (χ4n) is 2.46. The van der Waals surface area contributed by atoms with E-state index in [1.165, 1.54) is 21.4 Å². The van der Waals surface area contributed by atoms with Crippen LogP contribution in [-0.4, -0.2) is 35.7 Å². The van der Waals surface area contributed by atoms with Crippen molar-refractivity contribution in [1.82, 2.24) is 14.6 Å². The predicted octanol–water partition coefficient (Wildman–Crippen LogP) is 2.42. The average molecular weight is 343 g/mol. The molecule has 0 radical (unpaired) electrons. The minimum absolute atomic E-state index is 0.123. The quantitative estimate of drug-likeness (QED) is 0.712. The summed E-state index contributed by atoms with van der Waals surface area (Å²) < 4.78 is 1.38. The molecule has 0 bridgehead atoms. The van der Waals surface area contributed by atoms with Crippen LogP contribution in [0, 0.1) is 0 Å². The van der Waals surface area contributed by atoms with Gasteiger partial charge in [0.05, 0.1) is 0 Å². The molecule has 0 saturated heterocycles. The Labute approximate surface area is 145 Å². The Morgan fingerprint density at radius 1 is 1.21 bits per heavy atom. The molecule has 0 aliphatic rings. The van der Waals surface area contributed by atoms with Crippen LogP contribution in [-0.2, 0) is 13.0 Å². The molecule has 1 aromatic carbocycles. The van der Waals surface area contributed by atoms with Gasteiger partial charge in [-0.3, -0.25) is 4.79 Å². The maximum absolute atomic E-state index is 12.1. The van der Waals surface area contributed by atoms with E-state index in [0.717, 1.165) is 29.5 Å². The van der Waals surface area contributed by atoms with Gasteiger partial charge in [0.1, 0.15) is 0 Å². The first-order chi connectivity index (χ1) is 11.5. The molecule has 126 valence electrons. The van der Waals surface area contributed by atoms with Gasteiger partial charge in [-0.15, -0.1) is 5.10 Å². The van der Waals surface area contributed by atoms with Gasteiger partial charge >= 0.3 is 0 Å². The molecule has 6 nitrogen and oxygen atoms in total. The van der Waals surface area contributed by atoms with Crippen LogP contribution in [0.3, 0.4) is 0 Å². The molecule has 24 heavy (non-hydrogen) atoms. The van der Waals surface area contributed by atoms with Crippen LogP contribution in [0.5, 0.6) is 0 Å². The van der Waals surface area contributed by atoms with Gasteiger partial charge in [0.15, 0.2) is 0 Å². The number of nitrogens with zero attached hydrogens (tertiary/aromatic N) is 5. The van der Waals surface area contributed by atoms with E-state index < -0.39 is 0 Å². The number of rotatable bonds is 5. The molecule has 0 saturated carbocycles. The standard InChI is InChI=1S/C17H21N5OS/c1-5-13-10-15(23)22-16(18-13)24-17(19-22)21(4)11-12-7-6-8-14(9-12)20(2)3/h6-10H,5,11H2,1-4H3. The van der Waals surface area contributed by atoms with E-state index in [9.17, 15) is 4.79 Å². The highest BCUT2D eigenvalue weighted by Crippen LogP contribution is 2.23. The van der Waals surface area contributed by atoms with E-state index in [-0.39, 0.29) is 5.56 Å². The van der Waals surface area contributed by atoms with Crippen LogP contribution in [0.4, 0.5) is 10.8 Å². The van der Waals surface area contributed by atoms with Gasteiger partial charge in [0.2, 0.25) is 10.1 Å². The van der Waals surface area contributed by atoms with Gasteiger partial charge < -0.3 is 9.80 Å². The zero-order valence-electron chi connectivity index (χ0n) is 14.4. The lowest BCUT2D eigenvalue weighted by atomic mass is 10.2. The highest BCUT2D eigenvalue weighted by atomic mass is 32.1. The summed E-state index contributed by atoms with van der Waals surface area (Å²) in [5, 5.41) is 5.20. The highest BCUT2D eigenvalue weighted by molar-refractivity contribution is 7.20. The summed E-state index contributed by atoms with van der Waals surface area (Å²) in [4.78, 5) is 21.4. The summed E-state index contributed by atoms with van der Waals surface area (Å²) in [6.45, 7) is 2.71. The maximum Gasteiger partial charge on any atom is 0.275 e. The Balaban J connectivity index is 1.89. The predicted molar refractivity (Wildman–Crippen MR) is 99.4 cm³/mol. The number of anilines is 2. The summed E-state index contributed by atoms with van der Waals surface area (Å²) in [5.74, 6) is 0. The minimum Gasteiger partial charge on any atom is -0.378 e. The molecular weight excluding hydrogens is 322 g/mol. The number of aromatic nitrogens is 3. The molecule has 0 fully saturated rings. The normalized spacial score (nSPS) is 11.0. The van der Waals surface area contributed by atoms with Crippen LogP contribution < -0.4 is 15.4 Å². The molecule has 0 N–H and O–H groups in total. The number of hydrogen-bond acceptors (Lipinski definition) is 6. The lowest BCUT2D eigenvalue weighted by Gasteiger charge is -2.17. The zero-order valence-corrected chi connectivity index (χ0v) is 15.2. The molecule has 0 amide bonds. The monoisotopic (exact) mass is 343 g/mol. The van der Waals surface area contributed by atoms with Crippen LogP contribution in [0.2, 0.25) is 0 Å². The Morgan fingerprint density at radius 3 is 2.71 bits per heavy atom. The van der Waals surface area contributed by atoms with E-state index in [1.54, 1.807) is 6.07 Å². The van der Waals surface area contributed by atoms with Crippen LogP contribution in [0.25, 0.3) is 4.96 Å². The molecule has 0 unspecified atom stereocenters. The fraction of sp³-hybridized carbons (Fsp3) is 0.353. The van der Waals surface area contributed by atoms with Crippen molar-refractivity contribution < 1.29 is 0 Å². The maximum atomic E-state index is 12.1. The summed E-state index contributed by atoms with van der Waals surface area (Å²) in [6, 6.07) is 9.93. The third-order valence-electron chi connectivity index (χ3n) is 3.82. The molecule has 0 atom stereocenters. The average Bonchev–Trinajstić information content (AvgIpc) is 2.99. The van der Waals surface area contributed by atoms with E-state index in [1.807, 2.05) is 33.0 Å². The molecular formula is C17H21N5OS. The van der Waals surface area contributed by atoms with Crippen molar-refractivity contribution in [3.63, 3.8) is 0 Å². The van der Waals surface area contributed by atoms with Gasteiger partial charge in [-0.25, -0.2) is 4.98 Å². The van der Waals surface area contributed by atoms with Crippen molar-refractivity contribution >= 4 is 27.1 Å². The molecule has 3 aromatic rings. The van der Waals surface area contributed by atoms with Crippen LogP contribution in [0.15, 0.2) is 35.1 Å². The van der Waals surface area contributed by atoms with Gasteiger partial charge in [-0.05, 0) is 24.1 Å². The Kier molecular flexibility index (Phi) is 4.53. The third-order valence-corrected chi connectivity index (χ3v) is 4.85. The number of benzene rings is 1. The first kappa shape index (κ1) is 16.4. The molecule has 0 aliphatic heterocycles. The molecule has 0 spiro atoms. The Bertz CT molecular complexity index is 915. The van der Waals surface area contributed by atoms with E-state index in [0.29, 0.717) is 4.96 Å². The molecule has 3 rings (SSSR count). The van der Waals surface area contributed by atoms with E-state index >= 15 is 0 Å². The zero-order chi connectivity index (χ0) is 17.3. The van der Waals surface area contributed by atoms with Crippen molar-refractivity contribution in [2.24, 2.45) is 0 Å². The summed E-state index contributed by atoms with van der Waals surface area (Å²) >= 11 is 1.44. The van der Waals surface area contributed by atoms with Crippen molar-refractivity contribution in [2.75, 3.05) is 30.9 Å². The third kappa shape index (κ3) is 3.26. The second-order valence-corrected chi connectivity index (χ2v) is 6.87. The lowest BCUT2D eigenvalue weighted by molar-refractivity contribution is 0.836. The van der Waals surface area contributed by atoms with E-state index in [2.05, 4.69) is 39.2 Å². The lowest BCUT2D eigenvalue weighted by Crippen LogP contribution is -2.19. The van der Waals surface area contributed by atoms with Crippen molar-refractivity contribution in [3.8, 4) is 0 Å². The van der Waals surface area contributed by atoms with Crippen LogP contribution >= 0.6 is 11.3 Å². The molecule has 7 heteroatoms. The van der Waals surface area contributed by atoms with E-state index in [4.69, 9.17) is 0 Å². The second-order valence-electron chi connectivity index (χ2n) is 5.94. The number of hydrogen-bond donors (Lipinski definition) is 0. The van der Waals surface area contributed by atoms with Gasteiger partial charge in [-0.2, -0.15) is 4.52 Å². The molecule has 2 aromatic heterocycles. The van der Waals surface area contributed by atoms with Gasteiger partial charge in [0, 0.05) is 45.1 Å². The minimum atomic E-state index is -0.123. The first-order valence-electron chi connectivity index (χ1n) is 7.85. The number of aryl methyl sites for hydroxylation is 1. The van der Waals surface area contributed by atoms with Crippen molar-refractivity contribution in [2.45, 2.75) is 19.9 Å². The number of fused-ring (bicyclic) bond motifs is 1.